The number of unbranched alkanes of at least 4 members (excludes halogenated alkanes) is 26. The fourth-order valence-electron chi connectivity index (χ4n) is 10.0. The first-order valence-electron chi connectivity index (χ1n) is 28.9. The van der Waals surface area contributed by atoms with E-state index in [0.29, 0.717) is 6.42 Å². The van der Waals surface area contributed by atoms with Gasteiger partial charge in [0, 0.05) is 6.42 Å². The molecule has 3 aliphatic heterocycles. The minimum atomic E-state index is -1.97. The summed E-state index contributed by atoms with van der Waals surface area (Å²) >= 11 is 0. The molecule has 436 valence electrons. The van der Waals surface area contributed by atoms with E-state index in [1.54, 1.807) is 6.08 Å². The summed E-state index contributed by atoms with van der Waals surface area (Å²) in [4.78, 5) is 13.3. The molecular formula is C55H103NO18. The summed E-state index contributed by atoms with van der Waals surface area (Å²) in [5, 5.41) is 120. The van der Waals surface area contributed by atoms with Crippen LogP contribution in [0, 0.1) is 0 Å². The topological polar surface area (TPSA) is 307 Å². The second-order valence-electron chi connectivity index (χ2n) is 21.1. The fraction of sp³-hybridized carbons (Fsp3) is 0.945. The minimum Gasteiger partial charge on any atom is -0.394 e. The smallest absolute Gasteiger partial charge is 0.220 e. The Kier molecular flexibility index (Phi) is 35.9. The van der Waals surface area contributed by atoms with Crippen LogP contribution in [0.5, 0.6) is 0 Å². The van der Waals surface area contributed by atoms with Gasteiger partial charge in [-0.25, -0.2) is 0 Å². The number of ether oxygens (including phenoxy) is 6. The Bertz CT molecular complexity index is 1410. The lowest BCUT2D eigenvalue weighted by Gasteiger charge is -2.48. The van der Waals surface area contributed by atoms with Gasteiger partial charge in [-0.15, -0.1) is 0 Å². The number of amides is 1. The van der Waals surface area contributed by atoms with Gasteiger partial charge in [-0.3, -0.25) is 4.79 Å². The Morgan fingerprint density at radius 1 is 0.473 bits per heavy atom. The average Bonchev–Trinajstić information content (AvgIpc) is 3.40. The van der Waals surface area contributed by atoms with E-state index >= 15 is 0 Å². The van der Waals surface area contributed by atoms with E-state index in [4.69, 9.17) is 28.4 Å². The number of allylic oxidation sites excluding steroid dienone is 1. The largest absolute Gasteiger partial charge is 0.394 e. The predicted octanol–water partition coefficient (Wildman–Crippen LogP) is 4.21. The van der Waals surface area contributed by atoms with Crippen molar-refractivity contribution in [1.82, 2.24) is 5.32 Å². The summed E-state index contributed by atoms with van der Waals surface area (Å²) in [7, 11) is 0. The SMILES string of the molecule is CCCCCCCCCCCCCC/C=C/C(O)C(COC1OC(CO)C(OC2OC(CO)C(OC3OC(CO)C(O)C(O)C3O)C(O)C2O)C(O)C1O)NC(=O)CCCCCCCCCCCCCCCCC. The van der Waals surface area contributed by atoms with Crippen LogP contribution in [0.3, 0.4) is 0 Å². The molecule has 0 aromatic carbocycles. The Balaban J connectivity index is 1.53. The zero-order valence-corrected chi connectivity index (χ0v) is 45.1. The highest BCUT2D eigenvalue weighted by Crippen LogP contribution is 2.33. The molecule has 3 rings (SSSR count). The van der Waals surface area contributed by atoms with Gasteiger partial charge in [0.2, 0.25) is 5.91 Å². The van der Waals surface area contributed by atoms with Gasteiger partial charge in [-0.2, -0.15) is 0 Å². The number of aliphatic hydroxyl groups is 11. The summed E-state index contributed by atoms with van der Waals surface area (Å²) < 4.78 is 34.2. The van der Waals surface area contributed by atoms with Crippen LogP contribution in [0.15, 0.2) is 12.2 Å². The van der Waals surface area contributed by atoms with Crippen LogP contribution in [0.2, 0.25) is 0 Å². The summed E-state index contributed by atoms with van der Waals surface area (Å²) in [5.41, 5.74) is 0. The van der Waals surface area contributed by atoms with Crippen LogP contribution in [0.25, 0.3) is 0 Å². The molecule has 0 saturated carbocycles. The lowest BCUT2D eigenvalue weighted by molar-refractivity contribution is -0.379. The third kappa shape index (κ3) is 24.3. The van der Waals surface area contributed by atoms with Crippen molar-refractivity contribution in [3.05, 3.63) is 12.2 Å². The van der Waals surface area contributed by atoms with Gasteiger partial charge in [0.15, 0.2) is 18.9 Å². The van der Waals surface area contributed by atoms with Crippen molar-refractivity contribution < 1.29 is 89.4 Å². The molecule has 0 aliphatic carbocycles. The molecule has 17 atom stereocenters. The minimum absolute atomic E-state index is 0.248. The lowest BCUT2D eigenvalue weighted by atomic mass is 9.96. The maximum absolute atomic E-state index is 13.3. The second kappa shape index (κ2) is 39.8. The standard InChI is InChI=1S/C55H103NO18/c1-3-5-7-9-11-13-15-17-19-21-23-25-27-29-31-33-43(61)56-38(39(60)32-30-28-26-24-22-20-18-16-14-12-10-8-6-4-2)37-69-53-49(67)46(64)51(41(35-58)71-53)74-55-50(68)47(65)52(42(36-59)72-55)73-54-48(66)45(63)44(62)40(34-57)70-54/h30,32,38-42,44-55,57-60,62-68H,3-29,31,33-37H2,1-2H3,(H,56,61)/b32-30+. The first-order valence-corrected chi connectivity index (χ1v) is 28.9. The van der Waals surface area contributed by atoms with Crippen LogP contribution in [0.1, 0.15) is 200 Å². The van der Waals surface area contributed by atoms with Crippen LogP contribution >= 0.6 is 0 Å². The van der Waals surface area contributed by atoms with Crippen molar-refractivity contribution in [1.29, 1.82) is 0 Å². The van der Waals surface area contributed by atoms with E-state index in [-0.39, 0.29) is 18.9 Å². The van der Waals surface area contributed by atoms with Gasteiger partial charge < -0.3 is 89.9 Å². The van der Waals surface area contributed by atoms with Gasteiger partial charge >= 0.3 is 0 Å². The molecule has 3 heterocycles. The summed E-state index contributed by atoms with van der Waals surface area (Å²) in [6.45, 7) is 1.72. The molecule has 0 bridgehead atoms. The molecule has 0 aromatic rings. The molecule has 12 N–H and O–H groups in total. The molecule has 19 heteroatoms. The van der Waals surface area contributed by atoms with Crippen LogP contribution < -0.4 is 5.32 Å². The van der Waals surface area contributed by atoms with E-state index in [2.05, 4.69) is 19.2 Å². The highest BCUT2D eigenvalue weighted by atomic mass is 16.8. The van der Waals surface area contributed by atoms with Crippen molar-refractivity contribution in [2.24, 2.45) is 0 Å². The van der Waals surface area contributed by atoms with E-state index in [1.807, 2.05) is 6.08 Å². The first kappa shape index (κ1) is 66.8. The van der Waals surface area contributed by atoms with Crippen molar-refractivity contribution in [2.75, 3.05) is 26.4 Å². The Labute approximate surface area is 442 Å². The highest BCUT2D eigenvalue weighted by Gasteiger charge is 2.53. The second-order valence-corrected chi connectivity index (χ2v) is 21.1. The third-order valence-corrected chi connectivity index (χ3v) is 14.8. The molecule has 3 saturated heterocycles. The average molecular weight is 1070 g/mol. The molecule has 19 nitrogen and oxygen atoms in total. The fourth-order valence-corrected chi connectivity index (χ4v) is 10.0. The number of carbonyl (C=O) groups excluding carboxylic acids is 1. The highest BCUT2D eigenvalue weighted by molar-refractivity contribution is 5.76. The monoisotopic (exact) mass is 1070 g/mol. The van der Waals surface area contributed by atoms with Crippen molar-refractivity contribution >= 4 is 5.91 Å². The Hall–Kier alpha value is -1.47. The maximum atomic E-state index is 13.3. The summed E-state index contributed by atoms with van der Waals surface area (Å²) in [6, 6.07) is -0.965. The zero-order valence-electron chi connectivity index (χ0n) is 45.1. The maximum Gasteiger partial charge on any atom is 0.220 e. The Morgan fingerprint density at radius 2 is 0.838 bits per heavy atom. The van der Waals surface area contributed by atoms with Crippen LogP contribution in [0.4, 0.5) is 0 Å². The quantitative estimate of drug-likeness (QED) is 0.0301. The molecule has 74 heavy (non-hydrogen) atoms. The zero-order chi connectivity index (χ0) is 54.1. The Morgan fingerprint density at radius 3 is 1.27 bits per heavy atom. The summed E-state index contributed by atoms with van der Waals surface area (Å²) in [6.07, 6.45) is 10.5. The van der Waals surface area contributed by atoms with Crippen molar-refractivity contribution in [2.45, 2.75) is 304 Å². The van der Waals surface area contributed by atoms with Crippen molar-refractivity contribution in [3.8, 4) is 0 Å². The number of nitrogens with one attached hydrogen (secondary N) is 1. The molecular weight excluding hydrogens is 963 g/mol. The van der Waals surface area contributed by atoms with Gasteiger partial charge in [0.25, 0.3) is 0 Å². The molecule has 3 fully saturated rings. The number of hydrogen-bond donors (Lipinski definition) is 12. The van der Waals surface area contributed by atoms with Gasteiger partial charge in [-0.05, 0) is 19.3 Å². The van der Waals surface area contributed by atoms with E-state index < -0.39 is 124 Å². The van der Waals surface area contributed by atoms with Gasteiger partial charge in [-0.1, -0.05) is 187 Å². The third-order valence-electron chi connectivity index (χ3n) is 14.8. The molecule has 0 spiro atoms. The van der Waals surface area contributed by atoms with Gasteiger partial charge in [0.05, 0.1) is 38.6 Å². The summed E-state index contributed by atoms with van der Waals surface area (Å²) in [5.74, 6) is -0.274. The van der Waals surface area contributed by atoms with Crippen molar-refractivity contribution in [3.63, 3.8) is 0 Å². The molecule has 0 radical (unpaired) electrons. The molecule has 17 unspecified atom stereocenters. The molecule has 3 aliphatic rings. The normalized spacial score (nSPS) is 31.5. The molecule has 1 amide bonds. The predicted molar refractivity (Wildman–Crippen MR) is 277 cm³/mol. The van der Waals surface area contributed by atoms with Crippen LogP contribution in [-0.4, -0.2) is 193 Å². The van der Waals surface area contributed by atoms with Crippen LogP contribution in [-0.2, 0) is 33.2 Å². The molecule has 0 aromatic heterocycles. The number of hydrogen-bond acceptors (Lipinski definition) is 18. The van der Waals surface area contributed by atoms with E-state index in [0.717, 1.165) is 44.9 Å². The van der Waals surface area contributed by atoms with Gasteiger partial charge in [0.1, 0.15) is 73.2 Å². The lowest BCUT2D eigenvalue weighted by Crippen LogP contribution is -2.66. The number of rotatable bonds is 42. The van der Waals surface area contributed by atoms with E-state index in [9.17, 15) is 61.0 Å². The number of aliphatic hydroxyl groups excluding tert-OH is 11. The first-order chi connectivity index (χ1) is 35.8. The van der Waals surface area contributed by atoms with E-state index in [1.165, 1.54) is 128 Å². The number of carbonyl (C=O) groups is 1.